The van der Waals surface area contributed by atoms with Gasteiger partial charge >= 0.3 is 11.9 Å². The van der Waals surface area contributed by atoms with Crippen molar-refractivity contribution in [3.8, 4) is 5.75 Å². The molecule has 1 aliphatic carbocycles. The number of benzene rings is 1. The molecule has 1 saturated carbocycles. The van der Waals surface area contributed by atoms with Crippen LogP contribution in [-0.4, -0.2) is 148 Å². The maximum absolute atomic E-state index is 12.8. The summed E-state index contributed by atoms with van der Waals surface area (Å²) in [5.41, 5.74) is -0.548. The number of aliphatic hydroxyl groups is 6. The highest BCUT2D eigenvalue weighted by atomic mass is 16.8. The molecule has 16 atom stereocenters. The second-order valence-electron chi connectivity index (χ2n) is 12.8. The zero-order valence-electron chi connectivity index (χ0n) is 27.4. The molecule has 50 heavy (non-hydrogen) atoms. The van der Waals surface area contributed by atoms with Gasteiger partial charge in [0.05, 0.1) is 44.7 Å². The van der Waals surface area contributed by atoms with E-state index in [2.05, 4.69) is 0 Å². The number of ether oxygens (including phenoxy) is 9. The molecular formula is C33H42O17. The van der Waals surface area contributed by atoms with Crippen LogP contribution in [0.15, 0.2) is 42.7 Å². The molecule has 17 heteroatoms. The molecule has 6 N–H and O–H groups in total. The number of esters is 2. The number of carbonyl (C=O) groups is 2. The maximum Gasteiger partial charge on any atom is 0.331 e. The second-order valence-corrected chi connectivity index (χ2v) is 12.8. The van der Waals surface area contributed by atoms with Gasteiger partial charge in [0.2, 0.25) is 6.29 Å². The largest absolute Gasteiger partial charge is 0.497 e. The van der Waals surface area contributed by atoms with E-state index >= 15 is 0 Å². The number of carbonyl (C=O) groups excluding carboxylic acids is 2. The molecule has 1 aromatic carbocycles. The van der Waals surface area contributed by atoms with Crippen LogP contribution in [0.2, 0.25) is 0 Å². The molecule has 4 heterocycles. The van der Waals surface area contributed by atoms with Crippen LogP contribution in [-0.2, 0) is 47.5 Å². The average molecular weight is 711 g/mol. The van der Waals surface area contributed by atoms with E-state index in [0.717, 1.165) is 6.92 Å². The fourth-order valence-corrected chi connectivity index (χ4v) is 7.11. The Morgan fingerprint density at radius 3 is 2.26 bits per heavy atom. The lowest BCUT2D eigenvalue weighted by atomic mass is 9.85. The first-order valence-corrected chi connectivity index (χ1v) is 16.2. The van der Waals surface area contributed by atoms with Crippen molar-refractivity contribution in [2.24, 2.45) is 11.8 Å². The number of aliphatic hydroxyl groups excluding tert-OH is 6. The lowest BCUT2D eigenvalue weighted by Crippen LogP contribution is -2.61. The van der Waals surface area contributed by atoms with Gasteiger partial charge in [-0.2, -0.15) is 0 Å². The second kappa shape index (κ2) is 14.8. The summed E-state index contributed by atoms with van der Waals surface area (Å²) in [7, 11) is 1.54. The SMILES string of the molecule is COc1ccc(/C=C/C(=O)O[C@@H]2[C@@H](OC(C)=O)[C@@H](O)[C@H](O[C@H]3[C@H]4C=CO[C@H](O[C@H]5O[C@@H](CO)[C@@H](O)[C@@H](O)[C@@H]5O)[C@H]4[C@@]4(CO)O[C@@H]34)O[C@H]2C)cc1. The summed E-state index contributed by atoms with van der Waals surface area (Å²) in [5, 5.41) is 62.3. The van der Waals surface area contributed by atoms with Crippen LogP contribution in [0.1, 0.15) is 19.4 Å². The lowest BCUT2D eigenvalue weighted by molar-refractivity contribution is -0.347. The minimum absolute atomic E-state index is 0.493. The van der Waals surface area contributed by atoms with E-state index in [0.29, 0.717) is 11.3 Å². The normalized spacial score (nSPS) is 43.4. The fourth-order valence-electron chi connectivity index (χ4n) is 7.11. The van der Waals surface area contributed by atoms with Gasteiger partial charge in [0.15, 0.2) is 24.8 Å². The molecule has 6 rings (SSSR count). The third-order valence-corrected chi connectivity index (χ3v) is 9.72. The van der Waals surface area contributed by atoms with Gasteiger partial charge < -0.3 is 73.3 Å². The number of hydrogen-bond acceptors (Lipinski definition) is 17. The van der Waals surface area contributed by atoms with E-state index in [1.54, 1.807) is 37.3 Å². The van der Waals surface area contributed by atoms with E-state index in [-0.39, 0.29) is 0 Å². The summed E-state index contributed by atoms with van der Waals surface area (Å²) >= 11 is 0. The Bertz CT molecular complexity index is 1420. The molecule has 0 spiro atoms. The molecule has 4 aliphatic heterocycles. The topological polar surface area (TPSA) is 242 Å². The molecule has 4 fully saturated rings. The Morgan fingerprint density at radius 2 is 1.60 bits per heavy atom. The molecule has 17 nitrogen and oxygen atoms in total. The Kier molecular flexibility index (Phi) is 10.8. The summed E-state index contributed by atoms with van der Waals surface area (Å²) < 4.78 is 51.4. The minimum Gasteiger partial charge on any atom is -0.497 e. The highest BCUT2D eigenvalue weighted by molar-refractivity contribution is 5.87. The maximum atomic E-state index is 12.8. The van der Waals surface area contributed by atoms with Crippen LogP contribution in [0.5, 0.6) is 5.75 Å². The zero-order valence-corrected chi connectivity index (χ0v) is 27.4. The van der Waals surface area contributed by atoms with Crippen molar-refractivity contribution in [2.45, 2.75) is 99.4 Å². The average Bonchev–Trinajstić information content (AvgIpc) is 3.78. The standard InChI is InChI=1S/C33H42O17/c1-14-26(47-20(37)9-6-16-4-7-17(42-3)8-5-16)28(45-15(2)36)25(41)32(44-14)48-27-18-10-11-43-30(21(18)33(13-35)29(27)50-33)49-31-24(40)23(39)22(38)19(12-34)46-31/h4-11,14,18-19,21-32,34-35,38-41H,12-13H2,1-3H3/b9-6+/t14-,18-,19-,21-,22+,23+,24-,25+,26-,27-,28-,29-,30+,31+,32-,33+/m0/s1. The van der Waals surface area contributed by atoms with Crippen LogP contribution >= 0.6 is 0 Å². The minimum atomic E-state index is -1.71. The number of methoxy groups -OCH3 is 1. The number of fused-ring (bicyclic) bond motifs is 3. The van der Waals surface area contributed by atoms with E-state index in [1.807, 2.05) is 0 Å². The van der Waals surface area contributed by atoms with Gasteiger partial charge in [-0.25, -0.2) is 4.79 Å². The number of hydrogen-bond donors (Lipinski definition) is 6. The van der Waals surface area contributed by atoms with Gasteiger partial charge in [0.1, 0.15) is 48.0 Å². The summed E-state index contributed by atoms with van der Waals surface area (Å²) in [6.07, 6.45) is -11.5. The molecule has 5 aliphatic rings. The quantitative estimate of drug-likeness (QED) is 0.0835. The van der Waals surface area contributed by atoms with Crippen LogP contribution < -0.4 is 4.74 Å². The molecule has 1 aromatic rings. The van der Waals surface area contributed by atoms with Crippen molar-refractivity contribution < 1.29 is 82.9 Å². The van der Waals surface area contributed by atoms with Crippen molar-refractivity contribution in [1.29, 1.82) is 0 Å². The summed E-state index contributed by atoms with van der Waals surface area (Å²) in [5.74, 6) is -2.23. The van der Waals surface area contributed by atoms with Crippen LogP contribution in [0.25, 0.3) is 6.08 Å². The van der Waals surface area contributed by atoms with Gasteiger partial charge in [-0.15, -0.1) is 0 Å². The number of rotatable bonds is 11. The van der Waals surface area contributed by atoms with Gasteiger partial charge in [0.25, 0.3) is 0 Å². The first kappa shape index (κ1) is 36.6. The van der Waals surface area contributed by atoms with Crippen molar-refractivity contribution in [1.82, 2.24) is 0 Å². The molecule has 0 radical (unpaired) electrons. The van der Waals surface area contributed by atoms with Crippen molar-refractivity contribution >= 4 is 18.0 Å². The van der Waals surface area contributed by atoms with E-state index in [1.165, 1.54) is 25.5 Å². The van der Waals surface area contributed by atoms with Crippen LogP contribution in [0, 0.1) is 11.8 Å². The third-order valence-electron chi connectivity index (χ3n) is 9.72. The molecule has 0 aromatic heterocycles. The Morgan fingerprint density at radius 1 is 0.880 bits per heavy atom. The first-order chi connectivity index (χ1) is 23.9. The molecule has 276 valence electrons. The predicted molar refractivity (Wildman–Crippen MR) is 163 cm³/mol. The summed E-state index contributed by atoms with van der Waals surface area (Å²) in [6.45, 7) is 1.54. The van der Waals surface area contributed by atoms with Gasteiger partial charge in [-0.05, 0) is 36.8 Å². The van der Waals surface area contributed by atoms with Gasteiger partial charge in [0, 0.05) is 18.9 Å². The van der Waals surface area contributed by atoms with Crippen molar-refractivity contribution in [3.63, 3.8) is 0 Å². The molecule has 3 saturated heterocycles. The van der Waals surface area contributed by atoms with Gasteiger partial charge in [-0.1, -0.05) is 12.1 Å². The lowest BCUT2D eigenvalue weighted by Gasteiger charge is -2.44. The molecular weight excluding hydrogens is 668 g/mol. The van der Waals surface area contributed by atoms with Crippen LogP contribution in [0.4, 0.5) is 0 Å². The third kappa shape index (κ3) is 6.88. The Balaban J connectivity index is 1.15. The first-order valence-electron chi connectivity index (χ1n) is 16.2. The van der Waals surface area contributed by atoms with Crippen LogP contribution in [0.3, 0.4) is 0 Å². The van der Waals surface area contributed by atoms with Crippen molar-refractivity contribution in [2.75, 3.05) is 20.3 Å². The van der Waals surface area contributed by atoms with E-state index < -0.39 is 122 Å². The summed E-state index contributed by atoms with van der Waals surface area (Å²) in [6, 6.07) is 6.93. The molecule has 0 bridgehead atoms. The van der Waals surface area contributed by atoms with Crippen molar-refractivity contribution in [3.05, 3.63) is 48.2 Å². The zero-order chi connectivity index (χ0) is 35.9. The molecule has 0 amide bonds. The highest BCUT2D eigenvalue weighted by Crippen LogP contribution is 2.61. The fraction of sp³-hybridized carbons (Fsp3) is 0.636. The van der Waals surface area contributed by atoms with Gasteiger partial charge in [-0.3, -0.25) is 4.79 Å². The monoisotopic (exact) mass is 710 g/mol. The highest BCUT2D eigenvalue weighted by Gasteiger charge is 2.77. The summed E-state index contributed by atoms with van der Waals surface area (Å²) in [4.78, 5) is 24.9. The Labute approximate surface area is 286 Å². The number of epoxide rings is 1. The smallest absolute Gasteiger partial charge is 0.331 e. The predicted octanol–water partition coefficient (Wildman–Crippen LogP) is -1.89. The Hall–Kier alpha value is -3.20. The van der Waals surface area contributed by atoms with E-state index in [9.17, 15) is 40.2 Å². The van der Waals surface area contributed by atoms with E-state index in [4.69, 9.17) is 42.6 Å². The molecule has 0 unspecified atom stereocenters.